The van der Waals surface area contributed by atoms with Crippen molar-refractivity contribution >= 4 is 50.9 Å². The van der Waals surface area contributed by atoms with E-state index in [1.807, 2.05) is 0 Å². The molecule has 0 aromatic heterocycles. The number of carbonyl (C=O) groups is 2. The van der Waals surface area contributed by atoms with Crippen LogP contribution in [0.25, 0.3) is 0 Å². The van der Waals surface area contributed by atoms with E-state index < -0.39 is 34.5 Å². The Morgan fingerprint density at radius 3 is 2.68 bits per heavy atom. The first-order chi connectivity index (χ1) is 14.7. The van der Waals surface area contributed by atoms with E-state index in [0.29, 0.717) is 21.2 Å². The zero-order chi connectivity index (χ0) is 22.6. The average Bonchev–Trinajstić information content (AvgIpc) is 2.97. The van der Waals surface area contributed by atoms with Crippen molar-refractivity contribution in [3.05, 3.63) is 63.6 Å². The van der Waals surface area contributed by atoms with Crippen LogP contribution < -0.4 is 10.0 Å². The third-order valence-corrected chi connectivity index (χ3v) is 6.38. The van der Waals surface area contributed by atoms with Crippen LogP contribution >= 0.6 is 23.2 Å². The quantitative estimate of drug-likeness (QED) is 0.587. The molecule has 3 rings (SSSR count). The predicted octanol–water partition coefficient (Wildman–Crippen LogP) is 2.84. The topological polar surface area (TPSA) is 114 Å². The van der Waals surface area contributed by atoms with Crippen molar-refractivity contribution < 1.29 is 22.7 Å². The molecule has 1 unspecified atom stereocenters. The summed E-state index contributed by atoms with van der Waals surface area (Å²) in [6.45, 7) is 1.29. The number of halogens is 2. The molecule has 31 heavy (non-hydrogen) atoms. The molecule has 164 valence electrons. The minimum absolute atomic E-state index is 0.00340. The standard InChI is InChI=1S/C20H19Cl2N3O5S/c1-12(14-7-6-13(21)10-16(14)22)24-18(26)11-30-19(27)8-9-23-20-15-4-2-3-5-17(15)31(28,29)25-20/h2-7,10,12H,8-9,11H2,1H3,(H,23,25)(H,24,26). The molecule has 1 aliphatic heterocycles. The van der Waals surface area contributed by atoms with Crippen LogP contribution in [0, 0.1) is 0 Å². The molecule has 1 atom stereocenters. The Morgan fingerprint density at radius 2 is 1.94 bits per heavy atom. The van der Waals surface area contributed by atoms with Gasteiger partial charge in [0.05, 0.1) is 23.9 Å². The molecule has 8 nitrogen and oxygen atoms in total. The molecule has 11 heteroatoms. The molecule has 0 saturated heterocycles. The maximum absolute atomic E-state index is 12.0. The summed E-state index contributed by atoms with van der Waals surface area (Å²) in [5.41, 5.74) is 1.13. The van der Waals surface area contributed by atoms with Crippen molar-refractivity contribution in [1.82, 2.24) is 10.0 Å². The molecule has 0 fully saturated rings. The Hall–Kier alpha value is -2.62. The lowest BCUT2D eigenvalue weighted by molar-refractivity contribution is -0.148. The van der Waals surface area contributed by atoms with Crippen LogP contribution in [0.4, 0.5) is 0 Å². The van der Waals surface area contributed by atoms with Crippen molar-refractivity contribution in [3.8, 4) is 0 Å². The number of nitrogens with one attached hydrogen (secondary N) is 2. The number of benzene rings is 2. The summed E-state index contributed by atoms with van der Waals surface area (Å²) in [7, 11) is -3.63. The Kier molecular flexibility index (Phi) is 7.19. The molecule has 0 aliphatic carbocycles. The first-order valence-electron chi connectivity index (χ1n) is 9.24. The smallest absolute Gasteiger partial charge is 0.308 e. The lowest BCUT2D eigenvalue weighted by Crippen LogP contribution is -2.31. The number of amidine groups is 1. The summed E-state index contributed by atoms with van der Waals surface area (Å²) >= 11 is 12.0. The van der Waals surface area contributed by atoms with Crippen molar-refractivity contribution in [3.63, 3.8) is 0 Å². The monoisotopic (exact) mass is 483 g/mol. The van der Waals surface area contributed by atoms with Gasteiger partial charge in [-0.2, -0.15) is 0 Å². The number of fused-ring (bicyclic) bond motifs is 1. The highest BCUT2D eigenvalue weighted by atomic mass is 35.5. The fourth-order valence-electron chi connectivity index (χ4n) is 2.94. The predicted molar refractivity (Wildman–Crippen MR) is 117 cm³/mol. The van der Waals surface area contributed by atoms with E-state index in [4.69, 9.17) is 27.9 Å². The van der Waals surface area contributed by atoms with Gasteiger partial charge in [0.25, 0.3) is 15.9 Å². The largest absolute Gasteiger partial charge is 0.456 e. The second-order valence-electron chi connectivity index (χ2n) is 6.70. The SMILES string of the molecule is CC(NC(=O)COC(=O)CCN=C1NS(=O)(=O)c2ccccc21)c1ccc(Cl)cc1Cl. The van der Waals surface area contributed by atoms with Gasteiger partial charge in [0.1, 0.15) is 5.84 Å². The summed E-state index contributed by atoms with van der Waals surface area (Å²) in [5.74, 6) is -0.948. The fraction of sp³-hybridized carbons (Fsp3) is 0.250. The normalized spacial score (nSPS) is 16.3. The third-order valence-electron chi connectivity index (χ3n) is 4.42. The molecule has 0 saturated carbocycles. The van der Waals surface area contributed by atoms with Crippen molar-refractivity contribution in [2.24, 2.45) is 4.99 Å². The maximum Gasteiger partial charge on any atom is 0.308 e. The van der Waals surface area contributed by atoms with Crippen LogP contribution in [-0.2, 0) is 24.3 Å². The molecule has 2 aromatic rings. The van der Waals surface area contributed by atoms with Crippen LogP contribution in [0.5, 0.6) is 0 Å². The van der Waals surface area contributed by atoms with Crippen LogP contribution in [0.3, 0.4) is 0 Å². The Bertz CT molecular complexity index is 1150. The molecule has 0 bridgehead atoms. The second-order valence-corrected chi connectivity index (χ2v) is 9.19. The number of carbonyl (C=O) groups excluding carboxylic acids is 2. The molecular formula is C20H19Cl2N3O5S. The van der Waals surface area contributed by atoms with Gasteiger partial charge >= 0.3 is 5.97 Å². The second kappa shape index (κ2) is 9.67. The highest BCUT2D eigenvalue weighted by Gasteiger charge is 2.30. The number of amides is 1. The van der Waals surface area contributed by atoms with Crippen molar-refractivity contribution in [2.75, 3.05) is 13.2 Å². The van der Waals surface area contributed by atoms with E-state index in [1.54, 1.807) is 43.3 Å². The molecule has 0 radical (unpaired) electrons. The fourth-order valence-corrected chi connectivity index (χ4v) is 4.77. The van der Waals surface area contributed by atoms with E-state index in [2.05, 4.69) is 15.0 Å². The van der Waals surface area contributed by atoms with Gasteiger partial charge in [0.15, 0.2) is 6.61 Å². The molecule has 2 aromatic carbocycles. The molecule has 1 amide bonds. The number of rotatable bonds is 7. The van der Waals surface area contributed by atoms with Gasteiger partial charge in [-0.25, -0.2) is 8.42 Å². The zero-order valence-electron chi connectivity index (χ0n) is 16.4. The van der Waals surface area contributed by atoms with Crippen LogP contribution in [-0.4, -0.2) is 39.3 Å². The molecule has 1 heterocycles. The van der Waals surface area contributed by atoms with Gasteiger partial charge in [-0.05, 0) is 36.8 Å². The summed E-state index contributed by atoms with van der Waals surface area (Å²) in [6.07, 6.45) is -0.112. The Labute approximate surface area is 189 Å². The van der Waals surface area contributed by atoms with Gasteiger partial charge < -0.3 is 10.1 Å². The maximum atomic E-state index is 12.0. The van der Waals surface area contributed by atoms with Crippen molar-refractivity contribution in [2.45, 2.75) is 24.3 Å². The molecule has 1 aliphatic rings. The molecule has 2 N–H and O–H groups in total. The van der Waals surface area contributed by atoms with Gasteiger partial charge in [0, 0.05) is 15.6 Å². The van der Waals surface area contributed by atoms with E-state index in [1.165, 1.54) is 6.07 Å². The van der Waals surface area contributed by atoms with Crippen LogP contribution in [0.1, 0.15) is 30.5 Å². The number of hydrogen-bond donors (Lipinski definition) is 2. The lowest BCUT2D eigenvalue weighted by atomic mass is 10.1. The van der Waals surface area contributed by atoms with Gasteiger partial charge in [-0.1, -0.05) is 41.4 Å². The average molecular weight is 484 g/mol. The summed E-state index contributed by atoms with van der Waals surface area (Å²) < 4.78 is 31.4. The molecule has 0 spiro atoms. The van der Waals surface area contributed by atoms with Crippen molar-refractivity contribution in [1.29, 1.82) is 0 Å². The summed E-state index contributed by atoms with van der Waals surface area (Å²) in [4.78, 5) is 28.2. The number of nitrogens with zero attached hydrogens (tertiary/aromatic N) is 1. The Morgan fingerprint density at radius 1 is 1.19 bits per heavy atom. The summed E-state index contributed by atoms with van der Waals surface area (Å²) in [5, 5.41) is 3.59. The number of ether oxygens (including phenoxy) is 1. The number of sulfonamides is 1. The minimum atomic E-state index is -3.63. The number of hydrogen-bond acceptors (Lipinski definition) is 6. The first kappa shape index (κ1) is 23.1. The van der Waals surface area contributed by atoms with Gasteiger partial charge in [-0.15, -0.1) is 0 Å². The Balaban J connectivity index is 1.46. The minimum Gasteiger partial charge on any atom is -0.456 e. The number of esters is 1. The zero-order valence-corrected chi connectivity index (χ0v) is 18.7. The van der Waals surface area contributed by atoms with E-state index in [-0.39, 0.29) is 23.7 Å². The highest BCUT2D eigenvalue weighted by molar-refractivity contribution is 7.90. The highest BCUT2D eigenvalue weighted by Crippen LogP contribution is 2.26. The summed E-state index contributed by atoms with van der Waals surface area (Å²) in [6, 6.07) is 11.0. The third kappa shape index (κ3) is 5.75. The van der Waals surface area contributed by atoms with Crippen LogP contribution in [0.2, 0.25) is 10.0 Å². The van der Waals surface area contributed by atoms with Crippen LogP contribution in [0.15, 0.2) is 52.4 Å². The van der Waals surface area contributed by atoms with Gasteiger partial charge in [0.2, 0.25) is 0 Å². The van der Waals surface area contributed by atoms with E-state index in [9.17, 15) is 18.0 Å². The molecular weight excluding hydrogens is 465 g/mol. The van der Waals surface area contributed by atoms with E-state index in [0.717, 1.165) is 0 Å². The van der Waals surface area contributed by atoms with Gasteiger partial charge in [-0.3, -0.25) is 19.3 Å². The lowest BCUT2D eigenvalue weighted by Gasteiger charge is -2.16. The first-order valence-corrected chi connectivity index (χ1v) is 11.5. The van der Waals surface area contributed by atoms with E-state index >= 15 is 0 Å². The number of aliphatic imine (C=N–C) groups is 1.